The van der Waals surface area contributed by atoms with Gasteiger partial charge in [0.05, 0.1) is 11.3 Å². The average Bonchev–Trinajstić information content (AvgIpc) is 3.27. The molecule has 0 aliphatic carbocycles. The van der Waals surface area contributed by atoms with E-state index in [-0.39, 0.29) is 23.7 Å². The summed E-state index contributed by atoms with van der Waals surface area (Å²) >= 11 is 2.60. The van der Waals surface area contributed by atoms with Crippen LogP contribution in [0.4, 0.5) is 5.00 Å². The average molecular weight is 539 g/mol. The number of rotatable bonds is 15. The van der Waals surface area contributed by atoms with Crippen LogP contribution >= 0.6 is 23.1 Å². The topological polar surface area (TPSA) is 97.2 Å². The summed E-state index contributed by atoms with van der Waals surface area (Å²) in [6.07, 6.45) is 14.4. The number of carbonyl (C=O) groups is 2. The first-order valence-electron chi connectivity index (χ1n) is 11.9. The molecule has 7 nitrogen and oxygen atoms in total. The van der Waals surface area contributed by atoms with Gasteiger partial charge in [-0.05, 0) is 58.0 Å². The highest BCUT2D eigenvalue weighted by Crippen LogP contribution is 2.29. The molecule has 0 saturated carbocycles. The van der Waals surface area contributed by atoms with Gasteiger partial charge < -0.3 is 9.84 Å². The molecule has 1 unspecified atom stereocenters. The van der Waals surface area contributed by atoms with Crippen molar-refractivity contribution in [2.24, 2.45) is 4.99 Å². The first kappa shape index (κ1) is 35.5. The van der Waals surface area contributed by atoms with Gasteiger partial charge in [0.15, 0.2) is 12.0 Å². The molecule has 0 saturated heterocycles. The molecule has 36 heavy (non-hydrogen) atoms. The molecular weight excluding hydrogens is 496 g/mol. The molecule has 0 aromatic carbocycles. The lowest BCUT2D eigenvalue weighted by Crippen LogP contribution is -2.05. The highest BCUT2D eigenvalue weighted by Gasteiger charge is 2.13. The molecule has 2 N–H and O–H groups in total. The monoisotopic (exact) mass is 538 g/mol. The molecular formula is C27H42N2O5S2. The highest BCUT2D eigenvalue weighted by molar-refractivity contribution is 7.99. The number of hydrogen-bond donors (Lipinski definition) is 2. The Bertz CT molecular complexity index is 874. The van der Waals surface area contributed by atoms with Gasteiger partial charge in [-0.15, -0.1) is 23.1 Å². The lowest BCUT2D eigenvalue weighted by molar-refractivity contribution is -0.133. The van der Waals surface area contributed by atoms with E-state index in [2.05, 4.69) is 30.1 Å². The van der Waals surface area contributed by atoms with Crippen molar-refractivity contribution in [3.63, 3.8) is 0 Å². The number of aliphatic imine (C=N–C) groups is 1. The minimum Gasteiger partial charge on any atom is -0.481 e. The summed E-state index contributed by atoms with van der Waals surface area (Å²) in [5.41, 5.74) is 3.31. The van der Waals surface area contributed by atoms with Gasteiger partial charge in [-0.1, -0.05) is 58.6 Å². The second-order valence-corrected chi connectivity index (χ2v) is 8.64. The third-order valence-corrected chi connectivity index (χ3v) is 5.61. The number of hydrogen-bond acceptors (Lipinski definition) is 8. The smallest absolute Gasteiger partial charge is 0.313 e. The van der Waals surface area contributed by atoms with E-state index in [1.54, 1.807) is 19.2 Å². The summed E-state index contributed by atoms with van der Waals surface area (Å²) in [5, 5.41) is 9.15. The van der Waals surface area contributed by atoms with E-state index < -0.39 is 5.97 Å². The summed E-state index contributed by atoms with van der Waals surface area (Å²) in [7, 11) is 0. The summed E-state index contributed by atoms with van der Waals surface area (Å²) < 4.78 is 5.36. The number of aliphatic carboxylic acids is 1. The Balaban J connectivity index is 0. The SMILES string of the molecule is C/C=C/C(=O)c1cc(CC)sc1NOCSCC(=O)O.C=C(/C=C\C=C/CC)OC(C)/N=C\C.CC. The summed E-state index contributed by atoms with van der Waals surface area (Å²) in [5.74, 6) is -0.150. The second-order valence-electron chi connectivity index (χ2n) is 6.57. The Kier molecular flexibility index (Phi) is 23.8. The largest absolute Gasteiger partial charge is 0.481 e. The number of nitrogens with one attached hydrogen (secondary N) is 1. The number of carboxylic acid groups (broad SMARTS) is 1. The quantitative estimate of drug-likeness (QED) is 0.0345. The Hall–Kier alpha value is -2.62. The molecule has 0 spiro atoms. The zero-order valence-electron chi connectivity index (χ0n) is 22.6. The van der Waals surface area contributed by atoms with Crippen molar-refractivity contribution >= 4 is 46.1 Å². The minimum atomic E-state index is -0.882. The van der Waals surface area contributed by atoms with Gasteiger partial charge in [0.2, 0.25) is 0 Å². The predicted octanol–water partition coefficient (Wildman–Crippen LogP) is 7.69. The van der Waals surface area contributed by atoms with Crippen molar-refractivity contribution < 1.29 is 24.3 Å². The van der Waals surface area contributed by atoms with Crippen LogP contribution in [0.25, 0.3) is 0 Å². The molecule has 0 bridgehead atoms. The van der Waals surface area contributed by atoms with Crippen LogP contribution in [0.2, 0.25) is 0 Å². The number of carbonyl (C=O) groups excluding carboxylic acids is 1. The number of carboxylic acids is 1. The molecule has 0 aliphatic heterocycles. The van der Waals surface area contributed by atoms with Crippen molar-refractivity contribution in [1.82, 2.24) is 0 Å². The van der Waals surface area contributed by atoms with Crippen molar-refractivity contribution in [1.29, 1.82) is 0 Å². The van der Waals surface area contributed by atoms with Crippen molar-refractivity contribution in [3.05, 3.63) is 65.3 Å². The fourth-order valence-corrected chi connectivity index (χ4v) is 3.61. The Labute approximate surface area is 225 Å². The number of thiophene rings is 1. The van der Waals surface area contributed by atoms with Gasteiger partial charge in [0, 0.05) is 4.88 Å². The predicted molar refractivity (Wildman–Crippen MR) is 156 cm³/mol. The Morgan fingerprint density at radius 3 is 2.50 bits per heavy atom. The Morgan fingerprint density at radius 2 is 1.94 bits per heavy atom. The van der Waals surface area contributed by atoms with E-state index in [0.29, 0.717) is 16.3 Å². The van der Waals surface area contributed by atoms with Crippen molar-refractivity contribution in [3.8, 4) is 0 Å². The lowest BCUT2D eigenvalue weighted by Gasteiger charge is -2.08. The van der Waals surface area contributed by atoms with Crippen LogP contribution in [-0.4, -0.2) is 41.0 Å². The summed E-state index contributed by atoms with van der Waals surface area (Å²) in [6.45, 7) is 17.4. The van der Waals surface area contributed by atoms with Crippen LogP contribution in [0.3, 0.4) is 0 Å². The molecule has 1 aromatic rings. The first-order valence-corrected chi connectivity index (χ1v) is 13.9. The van der Waals surface area contributed by atoms with Gasteiger partial charge >= 0.3 is 5.97 Å². The maximum Gasteiger partial charge on any atom is 0.313 e. The number of ether oxygens (including phenoxy) is 1. The Morgan fingerprint density at radius 1 is 1.25 bits per heavy atom. The van der Waals surface area contributed by atoms with Gasteiger partial charge in [0.25, 0.3) is 0 Å². The molecule has 0 aliphatic rings. The van der Waals surface area contributed by atoms with Crippen LogP contribution in [0, 0.1) is 0 Å². The third-order valence-electron chi connectivity index (χ3n) is 3.69. The van der Waals surface area contributed by atoms with Gasteiger partial charge in [0.1, 0.15) is 16.7 Å². The van der Waals surface area contributed by atoms with Crippen LogP contribution in [0.5, 0.6) is 0 Å². The number of nitrogens with zero attached hydrogens (tertiary/aromatic N) is 1. The van der Waals surface area contributed by atoms with Gasteiger partial charge in [-0.2, -0.15) is 0 Å². The van der Waals surface area contributed by atoms with Crippen molar-refractivity contribution in [2.45, 2.75) is 67.5 Å². The fraction of sp³-hybridized carbons (Fsp3) is 0.444. The normalized spacial score (nSPS) is 11.8. The number of anilines is 1. The highest BCUT2D eigenvalue weighted by atomic mass is 32.2. The molecule has 1 atom stereocenters. The number of aryl methyl sites for hydroxylation is 1. The maximum atomic E-state index is 11.9. The van der Waals surface area contributed by atoms with E-state index in [9.17, 15) is 9.59 Å². The molecule has 1 aromatic heterocycles. The molecule has 1 rings (SSSR count). The summed E-state index contributed by atoms with van der Waals surface area (Å²) in [6, 6.07) is 1.85. The van der Waals surface area contributed by atoms with Gasteiger partial charge in [-0.3, -0.25) is 24.9 Å². The maximum absolute atomic E-state index is 11.9. The van der Waals surface area contributed by atoms with E-state index in [4.69, 9.17) is 14.7 Å². The van der Waals surface area contributed by atoms with Crippen LogP contribution < -0.4 is 5.48 Å². The van der Waals surface area contributed by atoms with E-state index >= 15 is 0 Å². The van der Waals surface area contributed by atoms with Crippen LogP contribution in [0.15, 0.2) is 59.9 Å². The van der Waals surface area contributed by atoms with Gasteiger partial charge in [-0.25, -0.2) is 0 Å². The number of thioether (sulfide) groups is 1. The number of ketones is 1. The fourth-order valence-electron chi connectivity index (χ4n) is 2.26. The van der Waals surface area contributed by atoms with Crippen molar-refractivity contribution in [2.75, 3.05) is 17.2 Å². The lowest BCUT2D eigenvalue weighted by atomic mass is 10.2. The molecule has 0 radical (unpaired) electrons. The molecule has 0 fully saturated rings. The van der Waals surface area contributed by atoms with E-state index in [1.807, 2.05) is 58.9 Å². The molecule has 0 amide bonds. The first-order chi connectivity index (χ1) is 17.3. The third kappa shape index (κ3) is 18.7. The van der Waals surface area contributed by atoms with Crippen LogP contribution in [0.1, 0.15) is 70.1 Å². The number of allylic oxidation sites excluding steroid dienone is 6. The molecule has 1 heterocycles. The molecule has 202 valence electrons. The van der Waals surface area contributed by atoms with E-state index in [1.165, 1.54) is 17.4 Å². The minimum absolute atomic E-state index is 0.0172. The van der Waals surface area contributed by atoms with Crippen LogP contribution in [-0.2, 0) is 20.8 Å². The zero-order valence-corrected chi connectivity index (χ0v) is 24.2. The molecule has 9 heteroatoms. The summed E-state index contributed by atoms with van der Waals surface area (Å²) in [4.78, 5) is 32.6. The van der Waals surface area contributed by atoms with E-state index in [0.717, 1.165) is 29.5 Å². The zero-order chi connectivity index (χ0) is 27.8. The second kappa shape index (κ2) is 24.1. The standard InChI is InChI=1S/C13H17NO4S2.C12H19NO.C2H6/c1-3-5-11(15)10-6-9(4-2)20-13(10)14-18-8-19-7-12(16)17;1-5-7-8-9-10-11(3)14-12(4)13-6-2;1-2/h3,5-6,14H,4,7-8H2,1-2H3,(H,16,17);6-10,12H,3,5H2,1-2,4H3;1-2H3/b5-3+;8-7-,10-9-,13-6-;.